The number of aromatic amines is 1. The van der Waals surface area contributed by atoms with Crippen LogP contribution in [0.3, 0.4) is 0 Å². The molecule has 152 valence electrons. The Balaban J connectivity index is 1.35. The standard InChI is InChI=1S/C21H21F3N4O/c22-21(23,24)14-8-10-15(11-9-14)25-20(29)26-16-5-3-4-13(12-16)19-27-17-6-1-2-7-18(17)28-19/h1-2,6-11,13,16H,3-5,12H2,(H,27,28)(H2,25,26,29)/t13-,16?/m0/s1. The summed E-state index contributed by atoms with van der Waals surface area (Å²) >= 11 is 0. The van der Waals surface area contributed by atoms with Gasteiger partial charge in [-0.2, -0.15) is 13.2 Å². The second-order valence-corrected chi connectivity index (χ2v) is 7.37. The molecular formula is C21H21F3N4O. The van der Waals surface area contributed by atoms with E-state index in [2.05, 4.69) is 20.6 Å². The van der Waals surface area contributed by atoms with E-state index in [-0.39, 0.29) is 12.0 Å². The summed E-state index contributed by atoms with van der Waals surface area (Å²) in [5, 5.41) is 5.53. The highest BCUT2D eigenvalue weighted by Gasteiger charge is 2.30. The molecule has 0 spiro atoms. The number of aromatic nitrogens is 2. The number of carbonyl (C=O) groups is 1. The summed E-state index contributed by atoms with van der Waals surface area (Å²) in [4.78, 5) is 20.3. The largest absolute Gasteiger partial charge is 0.416 e. The van der Waals surface area contributed by atoms with Crippen molar-refractivity contribution >= 4 is 22.8 Å². The molecule has 0 bridgehead atoms. The molecule has 1 unspecified atom stereocenters. The third kappa shape index (κ3) is 4.52. The van der Waals surface area contributed by atoms with Gasteiger partial charge in [-0.1, -0.05) is 18.6 Å². The van der Waals surface area contributed by atoms with Gasteiger partial charge in [-0.15, -0.1) is 0 Å². The number of hydrogen-bond acceptors (Lipinski definition) is 2. The number of alkyl halides is 3. The smallest absolute Gasteiger partial charge is 0.342 e. The summed E-state index contributed by atoms with van der Waals surface area (Å²) < 4.78 is 37.9. The maximum atomic E-state index is 12.6. The number of para-hydroxylation sites is 2. The minimum absolute atomic E-state index is 0.0172. The van der Waals surface area contributed by atoms with E-state index in [1.165, 1.54) is 12.1 Å². The van der Waals surface area contributed by atoms with Crippen LogP contribution in [-0.4, -0.2) is 22.0 Å². The van der Waals surface area contributed by atoms with Crippen molar-refractivity contribution < 1.29 is 18.0 Å². The van der Waals surface area contributed by atoms with Crippen molar-refractivity contribution in [2.24, 2.45) is 0 Å². The third-order valence-electron chi connectivity index (χ3n) is 5.27. The first-order valence-electron chi connectivity index (χ1n) is 9.58. The topological polar surface area (TPSA) is 69.8 Å². The van der Waals surface area contributed by atoms with Gasteiger partial charge in [-0.25, -0.2) is 9.78 Å². The van der Waals surface area contributed by atoms with Gasteiger partial charge in [-0.05, 0) is 55.7 Å². The fraction of sp³-hybridized carbons (Fsp3) is 0.333. The van der Waals surface area contributed by atoms with Gasteiger partial charge < -0.3 is 15.6 Å². The van der Waals surface area contributed by atoms with Crippen LogP contribution in [0.2, 0.25) is 0 Å². The van der Waals surface area contributed by atoms with Crippen LogP contribution in [0, 0.1) is 0 Å². The molecule has 5 nitrogen and oxygen atoms in total. The molecular weight excluding hydrogens is 381 g/mol. The average Bonchev–Trinajstić information content (AvgIpc) is 3.12. The fourth-order valence-corrected chi connectivity index (χ4v) is 3.83. The Morgan fingerprint density at radius 3 is 2.55 bits per heavy atom. The van der Waals surface area contributed by atoms with Crippen molar-refractivity contribution in [3.8, 4) is 0 Å². The molecule has 1 fully saturated rings. The Morgan fingerprint density at radius 2 is 1.83 bits per heavy atom. The van der Waals surface area contributed by atoms with Crippen molar-refractivity contribution in [3.63, 3.8) is 0 Å². The highest BCUT2D eigenvalue weighted by atomic mass is 19.4. The summed E-state index contributed by atoms with van der Waals surface area (Å²) in [6, 6.07) is 11.8. The number of carbonyl (C=O) groups excluding carboxylic acids is 1. The summed E-state index contributed by atoms with van der Waals surface area (Å²) in [5.41, 5.74) is 1.50. The molecule has 1 heterocycles. The molecule has 2 aromatic carbocycles. The van der Waals surface area contributed by atoms with Crippen LogP contribution in [0.4, 0.5) is 23.7 Å². The number of benzene rings is 2. The van der Waals surface area contributed by atoms with E-state index < -0.39 is 17.8 Å². The Bertz CT molecular complexity index is 964. The third-order valence-corrected chi connectivity index (χ3v) is 5.27. The molecule has 29 heavy (non-hydrogen) atoms. The number of rotatable bonds is 3. The lowest BCUT2D eigenvalue weighted by atomic mass is 9.85. The molecule has 0 aliphatic heterocycles. The fourth-order valence-electron chi connectivity index (χ4n) is 3.83. The Morgan fingerprint density at radius 1 is 1.07 bits per heavy atom. The number of anilines is 1. The number of urea groups is 1. The highest BCUT2D eigenvalue weighted by molar-refractivity contribution is 5.89. The second kappa shape index (κ2) is 7.77. The quantitative estimate of drug-likeness (QED) is 0.547. The maximum absolute atomic E-state index is 12.6. The van der Waals surface area contributed by atoms with Gasteiger partial charge in [-0.3, -0.25) is 0 Å². The van der Waals surface area contributed by atoms with Gasteiger partial charge in [0.1, 0.15) is 5.82 Å². The molecule has 1 aliphatic rings. The number of halogens is 3. The van der Waals surface area contributed by atoms with Crippen LogP contribution < -0.4 is 10.6 Å². The van der Waals surface area contributed by atoms with Gasteiger partial charge in [0.05, 0.1) is 16.6 Å². The molecule has 2 atom stereocenters. The summed E-state index contributed by atoms with van der Waals surface area (Å²) in [7, 11) is 0. The van der Waals surface area contributed by atoms with Crippen molar-refractivity contribution in [1.29, 1.82) is 0 Å². The lowest BCUT2D eigenvalue weighted by molar-refractivity contribution is -0.137. The predicted molar refractivity (Wildman–Crippen MR) is 105 cm³/mol. The molecule has 8 heteroatoms. The molecule has 3 N–H and O–H groups in total. The number of hydrogen-bond donors (Lipinski definition) is 3. The van der Waals surface area contributed by atoms with Crippen molar-refractivity contribution in [2.45, 2.75) is 43.8 Å². The molecule has 1 aromatic heterocycles. The van der Waals surface area contributed by atoms with E-state index in [4.69, 9.17) is 0 Å². The Labute approximate surface area is 165 Å². The van der Waals surface area contributed by atoms with E-state index in [0.29, 0.717) is 5.69 Å². The van der Waals surface area contributed by atoms with Crippen LogP contribution in [0.25, 0.3) is 11.0 Å². The van der Waals surface area contributed by atoms with E-state index in [1.54, 1.807) is 0 Å². The van der Waals surface area contributed by atoms with Gasteiger partial charge in [0, 0.05) is 17.6 Å². The van der Waals surface area contributed by atoms with E-state index in [0.717, 1.165) is 54.7 Å². The lowest BCUT2D eigenvalue weighted by Crippen LogP contribution is -2.40. The Hall–Kier alpha value is -3.03. The Kier molecular flexibility index (Phi) is 5.17. The predicted octanol–water partition coefficient (Wildman–Crippen LogP) is 5.43. The lowest BCUT2D eigenvalue weighted by Gasteiger charge is -2.28. The van der Waals surface area contributed by atoms with Crippen LogP contribution in [0.15, 0.2) is 48.5 Å². The van der Waals surface area contributed by atoms with Gasteiger partial charge in [0.25, 0.3) is 0 Å². The minimum Gasteiger partial charge on any atom is -0.342 e. The first kappa shape index (κ1) is 19.3. The zero-order valence-electron chi connectivity index (χ0n) is 15.6. The van der Waals surface area contributed by atoms with Crippen molar-refractivity contribution in [1.82, 2.24) is 15.3 Å². The zero-order valence-corrected chi connectivity index (χ0v) is 15.6. The van der Waals surface area contributed by atoms with Crippen LogP contribution in [0.5, 0.6) is 0 Å². The molecule has 2 amide bonds. The van der Waals surface area contributed by atoms with Crippen LogP contribution >= 0.6 is 0 Å². The van der Waals surface area contributed by atoms with Crippen LogP contribution in [0.1, 0.15) is 43.0 Å². The van der Waals surface area contributed by atoms with E-state index in [1.807, 2.05) is 24.3 Å². The number of amides is 2. The van der Waals surface area contributed by atoms with Gasteiger partial charge >= 0.3 is 12.2 Å². The zero-order chi connectivity index (χ0) is 20.4. The summed E-state index contributed by atoms with van der Waals surface area (Å²) in [6.45, 7) is 0. The van der Waals surface area contributed by atoms with Crippen LogP contribution in [-0.2, 0) is 6.18 Å². The van der Waals surface area contributed by atoms with Gasteiger partial charge in [0.15, 0.2) is 0 Å². The molecule has 4 rings (SSSR count). The van der Waals surface area contributed by atoms with Gasteiger partial charge in [0.2, 0.25) is 0 Å². The molecule has 3 aromatic rings. The average molecular weight is 402 g/mol. The number of nitrogens with one attached hydrogen (secondary N) is 3. The molecule has 0 saturated heterocycles. The number of nitrogens with zero attached hydrogens (tertiary/aromatic N) is 1. The van der Waals surface area contributed by atoms with Crippen molar-refractivity contribution in [2.75, 3.05) is 5.32 Å². The molecule has 1 saturated carbocycles. The van der Waals surface area contributed by atoms with E-state index in [9.17, 15) is 18.0 Å². The molecule has 1 aliphatic carbocycles. The number of H-pyrrole nitrogens is 1. The monoisotopic (exact) mass is 402 g/mol. The second-order valence-electron chi connectivity index (χ2n) is 7.37. The SMILES string of the molecule is O=C(Nc1ccc(C(F)(F)F)cc1)NC1CCC[C@H](c2nc3ccccc3[nH]2)C1. The normalized spacial score (nSPS) is 19.8. The first-order chi connectivity index (χ1) is 13.9. The summed E-state index contributed by atoms with van der Waals surface area (Å²) in [6.07, 6.45) is -0.808. The van der Waals surface area contributed by atoms with E-state index >= 15 is 0 Å². The summed E-state index contributed by atoms with van der Waals surface area (Å²) in [5.74, 6) is 1.16. The van der Waals surface area contributed by atoms with Crippen molar-refractivity contribution in [3.05, 3.63) is 59.9 Å². The first-order valence-corrected chi connectivity index (χ1v) is 9.58. The highest BCUT2D eigenvalue weighted by Crippen LogP contribution is 2.33. The molecule has 0 radical (unpaired) electrons. The number of imidazole rings is 1. The number of fused-ring (bicyclic) bond motifs is 1. The minimum atomic E-state index is -4.39. The maximum Gasteiger partial charge on any atom is 0.416 e.